The van der Waals surface area contributed by atoms with Crippen LogP contribution >= 0.6 is 15.9 Å². The standard InChI is InChI=1S/C14H11BrF3N/c1-19-14(8-2-3-12(17)13(18)6-8)9-4-10(15)7-11(16)5-9/h2-7,14,19H,1H3. The van der Waals surface area contributed by atoms with E-state index in [0.717, 1.165) is 12.1 Å². The van der Waals surface area contributed by atoms with Crippen molar-refractivity contribution in [2.45, 2.75) is 6.04 Å². The highest BCUT2D eigenvalue weighted by Crippen LogP contribution is 2.26. The smallest absolute Gasteiger partial charge is 0.159 e. The molecule has 0 radical (unpaired) electrons. The number of halogens is 4. The molecule has 0 amide bonds. The third kappa shape index (κ3) is 3.16. The largest absolute Gasteiger partial charge is 0.309 e. The maximum atomic E-state index is 13.4. The fourth-order valence-electron chi connectivity index (χ4n) is 1.96. The van der Waals surface area contributed by atoms with E-state index in [2.05, 4.69) is 21.2 Å². The lowest BCUT2D eigenvalue weighted by Gasteiger charge is -2.18. The van der Waals surface area contributed by atoms with Crippen molar-refractivity contribution in [2.75, 3.05) is 7.05 Å². The summed E-state index contributed by atoms with van der Waals surface area (Å²) in [4.78, 5) is 0. The van der Waals surface area contributed by atoms with Gasteiger partial charge in [0, 0.05) is 4.47 Å². The topological polar surface area (TPSA) is 12.0 Å². The molecule has 0 aromatic heterocycles. The zero-order valence-electron chi connectivity index (χ0n) is 10.1. The van der Waals surface area contributed by atoms with Crippen molar-refractivity contribution in [3.8, 4) is 0 Å². The first kappa shape index (κ1) is 14.1. The van der Waals surface area contributed by atoms with Crippen LogP contribution in [0, 0.1) is 17.5 Å². The maximum absolute atomic E-state index is 13.4. The van der Waals surface area contributed by atoms with E-state index in [-0.39, 0.29) is 0 Å². The summed E-state index contributed by atoms with van der Waals surface area (Å²) >= 11 is 3.21. The lowest BCUT2D eigenvalue weighted by atomic mass is 9.98. The van der Waals surface area contributed by atoms with Crippen LogP contribution in [0.5, 0.6) is 0 Å². The van der Waals surface area contributed by atoms with E-state index in [1.807, 2.05) is 0 Å². The van der Waals surface area contributed by atoms with Crippen LogP contribution in [0.25, 0.3) is 0 Å². The highest BCUT2D eigenvalue weighted by Gasteiger charge is 2.15. The van der Waals surface area contributed by atoms with Crippen LogP contribution in [0.1, 0.15) is 17.2 Å². The lowest BCUT2D eigenvalue weighted by molar-refractivity contribution is 0.504. The van der Waals surface area contributed by atoms with Crippen molar-refractivity contribution in [2.24, 2.45) is 0 Å². The zero-order valence-corrected chi connectivity index (χ0v) is 11.6. The van der Waals surface area contributed by atoms with Crippen LogP contribution < -0.4 is 5.32 Å². The Morgan fingerprint density at radius 1 is 0.947 bits per heavy atom. The van der Waals surface area contributed by atoms with Crippen LogP contribution in [-0.2, 0) is 0 Å². The van der Waals surface area contributed by atoms with Gasteiger partial charge in [-0.3, -0.25) is 0 Å². The molecule has 2 aromatic rings. The van der Waals surface area contributed by atoms with Gasteiger partial charge in [-0.05, 0) is 48.5 Å². The van der Waals surface area contributed by atoms with Crippen LogP contribution in [-0.4, -0.2) is 7.05 Å². The van der Waals surface area contributed by atoms with Crippen molar-refractivity contribution < 1.29 is 13.2 Å². The molecule has 100 valence electrons. The Morgan fingerprint density at radius 3 is 2.26 bits per heavy atom. The molecule has 19 heavy (non-hydrogen) atoms. The Bertz CT molecular complexity index is 581. The van der Waals surface area contributed by atoms with Gasteiger partial charge >= 0.3 is 0 Å². The molecule has 0 bridgehead atoms. The molecule has 0 aliphatic heterocycles. The molecule has 0 saturated heterocycles. The van der Waals surface area contributed by atoms with Gasteiger partial charge < -0.3 is 5.32 Å². The van der Waals surface area contributed by atoms with Crippen LogP contribution in [0.15, 0.2) is 40.9 Å². The SMILES string of the molecule is CNC(c1cc(F)cc(Br)c1)c1ccc(F)c(F)c1. The summed E-state index contributed by atoms with van der Waals surface area (Å²) in [6, 6.07) is 7.64. The van der Waals surface area contributed by atoms with Crippen LogP contribution in [0.2, 0.25) is 0 Å². The van der Waals surface area contributed by atoms with Crippen molar-refractivity contribution in [1.29, 1.82) is 0 Å². The molecule has 1 atom stereocenters. The highest BCUT2D eigenvalue weighted by molar-refractivity contribution is 9.10. The van der Waals surface area contributed by atoms with Crippen molar-refractivity contribution >= 4 is 15.9 Å². The average molecular weight is 330 g/mol. The van der Waals surface area contributed by atoms with E-state index in [4.69, 9.17) is 0 Å². The van der Waals surface area contributed by atoms with Crippen molar-refractivity contribution in [3.05, 3.63) is 69.4 Å². The quantitative estimate of drug-likeness (QED) is 0.890. The number of rotatable bonds is 3. The fourth-order valence-corrected chi connectivity index (χ4v) is 2.44. The number of hydrogen-bond donors (Lipinski definition) is 1. The summed E-state index contributed by atoms with van der Waals surface area (Å²) in [5.41, 5.74) is 1.15. The number of hydrogen-bond acceptors (Lipinski definition) is 1. The normalized spacial score (nSPS) is 12.5. The summed E-state index contributed by atoms with van der Waals surface area (Å²) in [5, 5.41) is 2.96. The zero-order chi connectivity index (χ0) is 14.0. The second kappa shape index (κ2) is 5.75. The number of benzene rings is 2. The van der Waals surface area contributed by atoms with Crippen molar-refractivity contribution in [3.63, 3.8) is 0 Å². The Hall–Kier alpha value is -1.33. The molecule has 1 N–H and O–H groups in total. The summed E-state index contributed by atoms with van der Waals surface area (Å²) in [6.45, 7) is 0. The Labute approximate surface area is 117 Å². The van der Waals surface area contributed by atoms with Gasteiger partial charge in [0.1, 0.15) is 5.82 Å². The van der Waals surface area contributed by atoms with Gasteiger partial charge in [-0.2, -0.15) is 0 Å². The van der Waals surface area contributed by atoms with Crippen molar-refractivity contribution in [1.82, 2.24) is 5.32 Å². The molecule has 1 nitrogen and oxygen atoms in total. The summed E-state index contributed by atoms with van der Waals surface area (Å²) < 4.78 is 40.2. The van der Waals surface area contributed by atoms with Gasteiger partial charge in [0.05, 0.1) is 6.04 Å². The molecule has 0 heterocycles. The Morgan fingerprint density at radius 2 is 1.68 bits per heavy atom. The van der Waals surface area contributed by atoms with E-state index >= 15 is 0 Å². The van der Waals surface area contributed by atoms with E-state index in [1.165, 1.54) is 18.2 Å². The molecule has 0 aliphatic rings. The predicted octanol–water partition coefficient (Wildman–Crippen LogP) is 4.18. The molecule has 2 rings (SSSR count). The van der Waals surface area contributed by atoms with E-state index in [9.17, 15) is 13.2 Å². The van der Waals surface area contributed by atoms with Crippen LogP contribution in [0.4, 0.5) is 13.2 Å². The monoisotopic (exact) mass is 329 g/mol. The minimum Gasteiger partial charge on any atom is -0.309 e. The Balaban J connectivity index is 2.46. The third-order valence-corrected chi connectivity index (χ3v) is 3.24. The third-order valence-electron chi connectivity index (χ3n) is 2.78. The summed E-state index contributed by atoms with van der Waals surface area (Å²) in [5.74, 6) is -2.22. The Kier molecular flexibility index (Phi) is 4.27. The maximum Gasteiger partial charge on any atom is 0.159 e. The molecule has 1 unspecified atom stereocenters. The van der Waals surface area contributed by atoms with Gasteiger partial charge in [-0.25, -0.2) is 13.2 Å². The minimum atomic E-state index is -0.923. The molecule has 0 aliphatic carbocycles. The first-order chi connectivity index (χ1) is 9.01. The van der Waals surface area contributed by atoms with E-state index in [0.29, 0.717) is 15.6 Å². The second-order valence-electron chi connectivity index (χ2n) is 4.10. The fraction of sp³-hybridized carbons (Fsp3) is 0.143. The molecule has 0 fully saturated rings. The molecule has 0 spiro atoms. The van der Waals surface area contributed by atoms with Crippen LogP contribution in [0.3, 0.4) is 0 Å². The van der Waals surface area contributed by atoms with E-state index < -0.39 is 23.5 Å². The van der Waals surface area contributed by atoms with Gasteiger partial charge in [0.2, 0.25) is 0 Å². The van der Waals surface area contributed by atoms with Gasteiger partial charge in [0.15, 0.2) is 11.6 Å². The highest BCUT2D eigenvalue weighted by atomic mass is 79.9. The average Bonchev–Trinajstić information content (AvgIpc) is 2.33. The second-order valence-corrected chi connectivity index (χ2v) is 5.01. The predicted molar refractivity (Wildman–Crippen MR) is 71.4 cm³/mol. The molecular formula is C14H11BrF3N. The van der Waals surface area contributed by atoms with E-state index in [1.54, 1.807) is 13.1 Å². The first-order valence-corrected chi connectivity index (χ1v) is 6.39. The molecule has 5 heteroatoms. The van der Waals surface area contributed by atoms with Gasteiger partial charge in [-0.15, -0.1) is 0 Å². The lowest BCUT2D eigenvalue weighted by Crippen LogP contribution is -2.18. The molecule has 0 saturated carbocycles. The molecular weight excluding hydrogens is 319 g/mol. The van der Waals surface area contributed by atoms with Gasteiger partial charge in [0.25, 0.3) is 0 Å². The summed E-state index contributed by atoms with van der Waals surface area (Å²) in [6.07, 6.45) is 0. The van der Waals surface area contributed by atoms with Gasteiger partial charge in [-0.1, -0.05) is 22.0 Å². The first-order valence-electron chi connectivity index (χ1n) is 5.59. The number of nitrogens with one attached hydrogen (secondary N) is 1. The minimum absolute atomic E-state index is 0.396. The summed E-state index contributed by atoms with van der Waals surface area (Å²) in [7, 11) is 1.67. The molecule has 2 aromatic carbocycles.